The summed E-state index contributed by atoms with van der Waals surface area (Å²) in [6, 6.07) is 0. The van der Waals surface area contributed by atoms with Gasteiger partial charge in [0.05, 0.1) is 0 Å². The molecule has 0 aromatic heterocycles. The molecule has 67 valence electrons. The third-order valence-corrected chi connectivity index (χ3v) is 2.15. The third kappa shape index (κ3) is 5.17. The fourth-order valence-corrected chi connectivity index (χ4v) is 1.40. The van der Waals surface area contributed by atoms with Crippen LogP contribution in [-0.4, -0.2) is 0 Å². The molecule has 0 saturated carbocycles. The molecule has 0 aromatic carbocycles. The van der Waals surface area contributed by atoms with Crippen LogP contribution in [0.4, 0.5) is 0 Å². The average molecular weight is 163 g/mol. The van der Waals surface area contributed by atoms with Gasteiger partial charge in [0.25, 0.3) is 0 Å². The second-order valence-corrected chi connectivity index (χ2v) is 3.32. The van der Waals surface area contributed by atoms with Gasteiger partial charge in [0.2, 0.25) is 0 Å². The molecule has 0 unspecified atom stereocenters. The molecule has 0 amide bonds. The van der Waals surface area contributed by atoms with E-state index < -0.39 is 0 Å². The van der Waals surface area contributed by atoms with Gasteiger partial charge in [-0.25, -0.2) is 0 Å². The van der Waals surface area contributed by atoms with Crippen molar-refractivity contribution in [1.82, 2.24) is 0 Å². The summed E-state index contributed by atoms with van der Waals surface area (Å²) in [5, 5.41) is 0. The number of hydrogen-bond donors (Lipinski definition) is 0. The smallest absolute Gasteiger partial charge is 0.0316 e. The summed E-state index contributed by atoms with van der Waals surface area (Å²) < 4.78 is 0. The molecule has 0 saturated heterocycles. The minimum absolute atomic E-state index is 1.22. The van der Waals surface area contributed by atoms with Crippen molar-refractivity contribution in [3.8, 4) is 0 Å². The maximum absolute atomic E-state index is 2.42. The summed E-state index contributed by atoms with van der Waals surface area (Å²) in [7, 11) is 0. The second kappa shape index (κ2) is 7.15. The predicted molar refractivity (Wildman–Crippen MR) is 54.9 cm³/mol. The summed E-state index contributed by atoms with van der Waals surface area (Å²) in [4.78, 5) is 0. The highest BCUT2D eigenvalue weighted by atomic mass is 13.9. The van der Waals surface area contributed by atoms with Gasteiger partial charge in [-0.15, -0.1) is 0 Å². The van der Waals surface area contributed by atoms with Gasteiger partial charge in [0.1, 0.15) is 0 Å². The van der Waals surface area contributed by atoms with E-state index >= 15 is 0 Å². The summed E-state index contributed by atoms with van der Waals surface area (Å²) in [6.45, 7) is 0. The van der Waals surface area contributed by atoms with Crippen molar-refractivity contribution >= 4 is 0 Å². The van der Waals surface area contributed by atoms with Gasteiger partial charge in [0.15, 0.2) is 0 Å². The number of rotatable bonds is 0. The van der Waals surface area contributed by atoms with E-state index in [1.165, 1.54) is 44.9 Å². The first-order valence-corrected chi connectivity index (χ1v) is 5.12. The molecule has 0 aliphatic heterocycles. The van der Waals surface area contributed by atoms with Crippen LogP contribution in [0.3, 0.4) is 0 Å². The van der Waals surface area contributed by atoms with Crippen molar-refractivity contribution in [1.29, 1.82) is 0 Å². The van der Waals surface area contributed by atoms with Crippen LogP contribution in [0.5, 0.6) is 0 Å². The summed E-state index contributed by atoms with van der Waals surface area (Å²) >= 11 is 0. The second-order valence-electron chi connectivity index (χ2n) is 3.32. The predicted octanol–water partition coefficient (Wildman–Crippen LogP) is 4.05. The summed E-state index contributed by atoms with van der Waals surface area (Å²) in [5.74, 6) is 0. The van der Waals surface area contributed by atoms with Crippen LogP contribution < -0.4 is 0 Å². The minimum Gasteiger partial charge on any atom is -0.0885 e. The fourth-order valence-electron chi connectivity index (χ4n) is 1.40. The number of hydrogen-bond acceptors (Lipinski definition) is 0. The van der Waals surface area contributed by atoms with Gasteiger partial charge < -0.3 is 0 Å². The molecular formula is C12H19. The van der Waals surface area contributed by atoms with Crippen molar-refractivity contribution in [2.45, 2.75) is 44.9 Å². The zero-order valence-corrected chi connectivity index (χ0v) is 7.84. The van der Waals surface area contributed by atoms with E-state index in [0.717, 1.165) is 0 Å². The Labute approximate surface area is 76.4 Å². The Balaban J connectivity index is 2.19. The first-order chi connectivity index (χ1) is 6.00. The van der Waals surface area contributed by atoms with Gasteiger partial charge >= 0.3 is 0 Å². The molecule has 1 radical (unpaired) electrons. The monoisotopic (exact) mass is 163 g/mol. The normalized spacial score (nSPS) is 26.7. The van der Waals surface area contributed by atoms with Crippen molar-refractivity contribution in [2.75, 3.05) is 0 Å². The fraction of sp³-hybridized carbons (Fsp3) is 0.583. The maximum atomic E-state index is 2.42. The molecule has 0 N–H and O–H groups in total. The standard InChI is InChI=1S/C12H19/c1-2-4-6-8-10-12-11-9-7-5-3-1/h1-2,7-9H,3-6,10-12H2/b2-1+,9-7+. The van der Waals surface area contributed by atoms with Crippen LogP contribution in [0, 0.1) is 6.42 Å². The van der Waals surface area contributed by atoms with Crippen LogP contribution in [0.1, 0.15) is 44.9 Å². The van der Waals surface area contributed by atoms with E-state index in [0.29, 0.717) is 0 Å². The molecular weight excluding hydrogens is 144 g/mol. The van der Waals surface area contributed by atoms with E-state index in [4.69, 9.17) is 0 Å². The van der Waals surface area contributed by atoms with E-state index in [1.54, 1.807) is 0 Å². The highest BCUT2D eigenvalue weighted by Crippen LogP contribution is 2.07. The van der Waals surface area contributed by atoms with Crippen LogP contribution in [0.25, 0.3) is 0 Å². The molecule has 0 aromatic rings. The maximum Gasteiger partial charge on any atom is -0.0316 e. The molecule has 1 aliphatic rings. The lowest BCUT2D eigenvalue weighted by molar-refractivity contribution is 0.774. The Morgan fingerprint density at radius 3 is 1.83 bits per heavy atom. The van der Waals surface area contributed by atoms with Crippen LogP contribution in [0.2, 0.25) is 0 Å². The molecule has 0 spiro atoms. The highest BCUT2D eigenvalue weighted by molar-refractivity contribution is 4.90. The van der Waals surface area contributed by atoms with Crippen molar-refractivity contribution in [3.05, 3.63) is 30.7 Å². The lowest BCUT2D eigenvalue weighted by atomic mass is 10.1. The lowest BCUT2D eigenvalue weighted by Crippen LogP contribution is -1.79. The molecule has 0 nitrogen and oxygen atoms in total. The Kier molecular flexibility index (Phi) is 5.70. The van der Waals surface area contributed by atoms with Crippen LogP contribution in [-0.2, 0) is 0 Å². The third-order valence-electron chi connectivity index (χ3n) is 2.15. The van der Waals surface area contributed by atoms with Crippen molar-refractivity contribution < 1.29 is 0 Å². The van der Waals surface area contributed by atoms with E-state index in [1.807, 2.05) is 0 Å². The molecule has 0 heteroatoms. The Hall–Kier alpha value is -0.520. The first-order valence-electron chi connectivity index (χ1n) is 5.12. The lowest BCUT2D eigenvalue weighted by Gasteiger charge is -1.98. The molecule has 0 heterocycles. The Morgan fingerprint density at radius 1 is 0.500 bits per heavy atom. The molecule has 0 bridgehead atoms. The van der Waals surface area contributed by atoms with Gasteiger partial charge in [-0.2, -0.15) is 0 Å². The van der Waals surface area contributed by atoms with Gasteiger partial charge in [-0.1, -0.05) is 24.3 Å². The van der Waals surface area contributed by atoms with E-state index in [-0.39, 0.29) is 0 Å². The van der Waals surface area contributed by atoms with Crippen molar-refractivity contribution in [3.63, 3.8) is 0 Å². The van der Waals surface area contributed by atoms with E-state index in [9.17, 15) is 0 Å². The Morgan fingerprint density at radius 2 is 1.08 bits per heavy atom. The molecule has 0 fully saturated rings. The van der Waals surface area contributed by atoms with Crippen molar-refractivity contribution in [2.24, 2.45) is 0 Å². The number of allylic oxidation sites excluding steroid dienone is 4. The minimum atomic E-state index is 1.22. The average Bonchev–Trinajstić information content (AvgIpc) is 2.05. The summed E-state index contributed by atoms with van der Waals surface area (Å²) in [6.07, 6.45) is 20.5. The molecule has 12 heavy (non-hydrogen) atoms. The topological polar surface area (TPSA) is 0 Å². The first kappa shape index (κ1) is 9.57. The van der Waals surface area contributed by atoms with Crippen LogP contribution >= 0.6 is 0 Å². The van der Waals surface area contributed by atoms with E-state index in [2.05, 4.69) is 30.7 Å². The van der Waals surface area contributed by atoms with Gasteiger partial charge in [0, 0.05) is 0 Å². The quantitative estimate of drug-likeness (QED) is 0.473. The SMILES string of the molecule is [CH]1CC/C=C/CC/C=C/CCC1. The van der Waals surface area contributed by atoms with Gasteiger partial charge in [-0.05, 0) is 51.4 Å². The molecule has 0 atom stereocenters. The largest absolute Gasteiger partial charge is 0.0885 e. The zero-order chi connectivity index (χ0) is 8.49. The summed E-state index contributed by atoms with van der Waals surface area (Å²) in [5.41, 5.74) is 0. The Bertz CT molecular complexity index is 124. The van der Waals surface area contributed by atoms with Gasteiger partial charge in [-0.3, -0.25) is 0 Å². The molecule has 1 rings (SSSR count). The highest BCUT2D eigenvalue weighted by Gasteiger charge is 1.89. The van der Waals surface area contributed by atoms with Crippen LogP contribution in [0.15, 0.2) is 24.3 Å². The molecule has 1 aliphatic carbocycles. The zero-order valence-electron chi connectivity index (χ0n) is 7.84.